The van der Waals surface area contributed by atoms with E-state index in [-0.39, 0.29) is 11.3 Å². The van der Waals surface area contributed by atoms with Gasteiger partial charge in [0.1, 0.15) is 5.69 Å². The predicted octanol–water partition coefficient (Wildman–Crippen LogP) is 2.66. The molecule has 0 spiro atoms. The van der Waals surface area contributed by atoms with Crippen LogP contribution < -0.4 is 0 Å². The van der Waals surface area contributed by atoms with Crippen LogP contribution in [0, 0.1) is 0 Å². The van der Waals surface area contributed by atoms with E-state index in [0.29, 0.717) is 0 Å². The molecule has 3 nitrogen and oxygen atoms in total. The van der Waals surface area contributed by atoms with Gasteiger partial charge in [0.15, 0.2) is 0 Å². The van der Waals surface area contributed by atoms with Crippen LogP contribution >= 0.6 is 0 Å². The Bertz CT molecular complexity index is 532. The summed E-state index contributed by atoms with van der Waals surface area (Å²) in [7, 11) is 0. The number of carbonyl (C=O) groups excluding carboxylic acids is 1. The molecule has 2 aromatic rings. The van der Waals surface area contributed by atoms with Crippen molar-refractivity contribution in [3.05, 3.63) is 53.3 Å². The molecule has 0 amide bonds. The Morgan fingerprint density at radius 2 is 2.00 bits per heavy atom. The maximum absolute atomic E-state index is 12.4. The fourth-order valence-electron chi connectivity index (χ4n) is 1.37. The highest BCUT2D eigenvalue weighted by Gasteiger charge is 2.31. The summed E-state index contributed by atoms with van der Waals surface area (Å²) in [4.78, 5) is 11.7. The lowest BCUT2D eigenvalue weighted by molar-refractivity contribution is -0.137. The Morgan fingerprint density at radius 3 is 2.59 bits per heavy atom. The van der Waals surface area contributed by atoms with E-state index in [1.54, 1.807) is 0 Å². The highest BCUT2D eigenvalue weighted by molar-refractivity contribution is 6.07. The van der Waals surface area contributed by atoms with Gasteiger partial charge < -0.3 is 0 Å². The number of H-pyrrole nitrogens is 1. The molecule has 0 fully saturated rings. The minimum Gasteiger partial charge on any atom is -0.287 e. The Labute approximate surface area is 94.3 Å². The normalized spacial score (nSPS) is 11.5. The van der Waals surface area contributed by atoms with Crippen LogP contribution in [0.4, 0.5) is 13.2 Å². The standard InChI is InChI=1S/C11H7F3N2O/c12-11(13,14)8-3-1-2-7(6-8)10(17)9-4-5-15-16-9/h1-6H,(H,15,16). The van der Waals surface area contributed by atoms with E-state index < -0.39 is 17.5 Å². The molecule has 1 N–H and O–H groups in total. The van der Waals surface area contributed by atoms with Crippen molar-refractivity contribution in [3.63, 3.8) is 0 Å². The number of hydrogen-bond donors (Lipinski definition) is 1. The largest absolute Gasteiger partial charge is 0.416 e. The zero-order valence-corrected chi connectivity index (χ0v) is 8.45. The lowest BCUT2D eigenvalue weighted by Crippen LogP contribution is -2.08. The summed E-state index contributed by atoms with van der Waals surface area (Å²) in [6.45, 7) is 0. The molecule has 2 rings (SSSR count). The Kier molecular flexibility index (Phi) is 2.71. The lowest BCUT2D eigenvalue weighted by atomic mass is 10.1. The first-order chi connectivity index (χ1) is 7.98. The smallest absolute Gasteiger partial charge is 0.287 e. The van der Waals surface area contributed by atoms with Gasteiger partial charge in [-0.05, 0) is 18.2 Å². The van der Waals surface area contributed by atoms with E-state index in [4.69, 9.17) is 0 Å². The molecule has 0 radical (unpaired) electrons. The van der Waals surface area contributed by atoms with Crippen molar-refractivity contribution in [2.24, 2.45) is 0 Å². The fraction of sp³-hybridized carbons (Fsp3) is 0.0909. The molecule has 0 aliphatic heterocycles. The third kappa shape index (κ3) is 2.35. The number of carbonyl (C=O) groups is 1. The Balaban J connectivity index is 2.38. The SMILES string of the molecule is O=C(c1cccc(C(F)(F)F)c1)c1ccn[nH]1. The molecule has 0 bridgehead atoms. The van der Waals surface area contributed by atoms with Crippen molar-refractivity contribution in [3.8, 4) is 0 Å². The van der Waals surface area contributed by atoms with Crippen LogP contribution in [0.15, 0.2) is 36.5 Å². The molecule has 1 heterocycles. The van der Waals surface area contributed by atoms with Crippen molar-refractivity contribution in [1.82, 2.24) is 10.2 Å². The van der Waals surface area contributed by atoms with Gasteiger partial charge in [-0.1, -0.05) is 12.1 Å². The average Bonchev–Trinajstić information content (AvgIpc) is 2.80. The average molecular weight is 240 g/mol. The number of nitrogens with one attached hydrogen (secondary N) is 1. The van der Waals surface area contributed by atoms with Crippen molar-refractivity contribution < 1.29 is 18.0 Å². The van der Waals surface area contributed by atoms with Gasteiger partial charge in [0.05, 0.1) is 5.56 Å². The summed E-state index contributed by atoms with van der Waals surface area (Å²) in [5, 5.41) is 5.98. The summed E-state index contributed by atoms with van der Waals surface area (Å²) in [6, 6.07) is 5.68. The zero-order valence-electron chi connectivity index (χ0n) is 8.45. The van der Waals surface area contributed by atoms with Gasteiger partial charge in [-0.15, -0.1) is 0 Å². The van der Waals surface area contributed by atoms with E-state index in [0.717, 1.165) is 12.1 Å². The Hall–Kier alpha value is -2.11. The quantitative estimate of drug-likeness (QED) is 0.820. The highest BCUT2D eigenvalue weighted by Crippen LogP contribution is 2.29. The van der Waals surface area contributed by atoms with Crippen molar-refractivity contribution in [2.45, 2.75) is 6.18 Å². The summed E-state index contributed by atoms with van der Waals surface area (Å²) < 4.78 is 37.3. The zero-order chi connectivity index (χ0) is 12.5. The highest BCUT2D eigenvalue weighted by atomic mass is 19.4. The molecular formula is C11H7F3N2O. The summed E-state index contributed by atoms with van der Waals surface area (Å²) in [6.07, 6.45) is -3.09. The number of halogens is 3. The van der Waals surface area contributed by atoms with Gasteiger partial charge in [-0.25, -0.2) is 0 Å². The number of rotatable bonds is 2. The lowest BCUT2D eigenvalue weighted by Gasteiger charge is -2.07. The molecule has 0 aliphatic rings. The van der Waals surface area contributed by atoms with Crippen LogP contribution in [0.25, 0.3) is 0 Å². The first-order valence-electron chi connectivity index (χ1n) is 4.70. The summed E-state index contributed by atoms with van der Waals surface area (Å²) in [5.74, 6) is -0.520. The van der Waals surface area contributed by atoms with Crippen LogP contribution in [-0.2, 0) is 6.18 Å². The molecular weight excluding hydrogens is 233 g/mol. The van der Waals surface area contributed by atoms with Gasteiger partial charge in [-0.3, -0.25) is 9.89 Å². The summed E-state index contributed by atoms with van der Waals surface area (Å²) in [5.41, 5.74) is -0.712. The molecule has 0 unspecified atom stereocenters. The molecule has 1 aromatic carbocycles. The number of aromatic nitrogens is 2. The van der Waals surface area contributed by atoms with Gasteiger partial charge >= 0.3 is 6.18 Å². The Morgan fingerprint density at radius 1 is 1.24 bits per heavy atom. The van der Waals surface area contributed by atoms with E-state index in [1.165, 1.54) is 24.4 Å². The van der Waals surface area contributed by atoms with E-state index in [2.05, 4.69) is 10.2 Å². The van der Waals surface area contributed by atoms with Gasteiger partial charge in [0.25, 0.3) is 0 Å². The molecule has 6 heteroatoms. The molecule has 17 heavy (non-hydrogen) atoms. The third-order valence-electron chi connectivity index (χ3n) is 2.20. The molecule has 88 valence electrons. The maximum atomic E-state index is 12.4. The minimum atomic E-state index is -4.45. The minimum absolute atomic E-state index is 0.0240. The first kappa shape index (κ1) is 11.4. The molecule has 0 atom stereocenters. The predicted molar refractivity (Wildman–Crippen MR) is 53.5 cm³/mol. The molecule has 1 aromatic heterocycles. The molecule has 0 saturated heterocycles. The second kappa shape index (κ2) is 4.04. The molecule has 0 aliphatic carbocycles. The topological polar surface area (TPSA) is 45.8 Å². The summed E-state index contributed by atoms with van der Waals surface area (Å²) >= 11 is 0. The van der Waals surface area contributed by atoms with E-state index in [1.807, 2.05) is 0 Å². The number of ketones is 1. The van der Waals surface area contributed by atoms with Gasteiger partial charge in [0, 0.05) is 11.8 Å². The second-order valence-corrected chi connectivity index (χ2v) is 3.38. The van der Waals surface area contributed by atoms with Crippen LogP contribution in [0.5, 0.6) is 0 Å². The van der Waals surface area contributed by atoms with Crippen molar-refractivity contribution >= 4 is 5.78 Å². The number of alkyl halides is 3. The maximum Gasteiger partial charge on any atom is 0.416 e. The number of aromatic amines is 1. The van der Waals surface area contributed by atoms with Crippen LogP contribution in [0.1, 0.15) is 21.6 Å². The van der Waals surface area contributed by atoms with Crippen LogP contribution in [0.3, 0.4) is 0 Å². The monoisotopic (exact) mass is 240 g/mol. The van der Waals surface area contributed by atoms with Crippen molar-refractivity contribution in [2.75, 3.05) is 0 Å². The first-order valence-corrected chi connectivity index (χ1v) is 4.70. The van der Waals surface area contributed by atoms with Gasteiger partial charge in [0.2, 0.25) is 5.78 Å². The van der Waals surface area contributed by atoms with Crippen molar-refractivity contribution in [1.29, 1.82) is 0 Å². The third-order valence-corrected chi connectivity index (χ3v) is 2.20. The van der Waals surface area contributed by atoms with Crippen LogP contribution in [-0.4, -0.2) is 16.0 Å². The number of benzene rings is 1. The molecule has 0 saturated carbocycles. The van der Waals surface area contributed by atoms with E-state index >= 15 is 0 Å². The van der Waals surface area contributed by atoms with Gasteiger partial charge in [-0.2, -0.15) is 18.3 Å². The van der Waals surface area contributed by atoms with Crippen LogP contribution in [0.2, 0.25) is 0 Å². The number of nitrogens with zero attached hydrogens (tertiary/aromatic N) is 1. The fourth-order valence-corrected chi connectivity index (χ4v) is 1.37. The van der Waals surface area contributed by atoms with E-state index in [9.17, 15) is 18.0 Å². The number of hydrogen-bond acceptors (Lipinski definition) is 2. The second-order valence-electron chi connectivity index (χ2n) is 3.38.